The van der Waals surface area contributed by atoms with E-state index in [0.717, 1.165) is 13.1 Å². The van der Waals surface area contributed by atoms with Crippen LogP contribution in [-0.2, 0) is 0 Å². The highest BCUT2D eigenvalue weighted by atomic mass is 19.1. The van der Waals surface area contributed by atoms with E-state index in [0.29, 0.717) is 24.1 Å². The molecule has 0 saturated carbocycles. The lowest BCUT2D eigenvalue weighted by Gasteiger charge is -2.31. The summed E-state index contributed by atoms with van der Waals surface area (Å²) in [5.74, 6) is -0.274. The summed E-state index contributed by atoms with van der Waals surface area (Å²) in [6.07, 6.45) is 2.45. The number of halogens is 1. The molecule has 0 radical (unpaired) electrons. The van der Waals surface area contributed by atoms with Crippen molar-refractivity contribution in [3.63, 3.8) is 0 Å². The summed E-state index contributed by atoms with van der Waals surface area (Å²) in [5.41, 5.74) is 0.640. The molecule has 1 aliphatic rings. The van der Waals surface area contributed by atoms with Crippen LogP contribution in [0.4, 0.5) is 4.39 Å². The highest BCUT2D eigenvalue weighted by molar-refractivity contribution is 5.94. The van der Waals surface area contributed by atoms with Crippen molar-refractivity contribution < 1.29 is 9.18 Å². The second kappa shape index (κ2) is 7.03. The van der Waals surface area contributed by atoms with Gasteiger partial charge in [0.25, 0.3) is 5.91 Å². The Hall–Kier alpha value is -1.42. The van der Waals surface area contributed by atoms with Gasteiger partial charge in [0, 0.05) is 12.6 Å². The standard InChI is InChI=1S/C17H25FN2O/c1-12(2)15(20-9-4-5-10-20)11-19-17(21)14-8-6-7-13(3)16(14)18/h6-8,12,15H,4-5,9-11H2,1-3H3,(H,19,21). The largest absolute Gasteiger partial charge is 0.350 e. The molecule has 0 spiro atoms. The number of hydrogen-bond donors (Lipinski definition) is 1. The van der Waals surface area contributed by atoms with Gasteiger partial charge in [0.1, 0.15) is 5.82 Å². The summed E-state index contributed by atoms with van der Waals surface area (Å²) in [4.78, 5) is 14.6. The van der Waals surface area contributed by atoms with Crippen LogP contribution in [0.5, 0.6) is 0 Å². The van der Waals surface area contributed by atoms with Gasteiger partial charge in [-0.15, -0.1) is 0 Å². The molecule has 1 N–H and O–H groups in total. The third-order valence-electron chi connectivity index (χ3n) is 4.29. The first-order chi connectivity index (χ1) is 10.0. The number of carbonyl (C=O) groups excluding carboxylic acids is 1. The van der Waals surface area contributed by atoms with Crippen molar-refractivity contribution in [3.05, 3.63) is 35.1 Å². The summed E-state index contributed by atoms with van der Waals surface area (Å²) >= 11 is 0. The van der Waals surface area contributed by atoms with Crippen molar-refractivity contribution in [1.29, 1.82) is 0 Å². The predicted molar refractivity (Wildman–Crippen MR) is 82.9 cm³/mol. The fraction of sp³-hybridized carbons (Fsp3) is 0.588. The Morgan fingerprint density at radius 3 is 2.62 bits per heavy atom. The average molecular weight is 292 g/mol. The smallest absolute Gasteiger partial charge is 0.254 e. The summed E-state index contributed by atoms with van der Waals surface area (Å²) in [6.45, 7) is 8.77. The quantitative estimate of drug-likeness (QED) is 0.905. The highest BCUT2D eigenvalue weighted by Crippen LogP contribution is 2.17. The molecule has 0 aliphatic carbocycles. The van der Waals surface area contributed by atoms with E-state index >= 15 is 0 Å². The number of carbonyl (C=O) groups is 1. The van der Waals surface area contributed by atoms with Crippen LogP contribution < -0.4 is 5.32 Å². The topological polar surface area (TPSA) is 32.3 Å². The number of aryl methyl sites for hydroxylation is 1. The van der Waals surface area contributed by atoms with Crippen LogP contribution >= 0.6 is 0 Å². The first kappa shape index (κ1) is 16.0. The van der Waals surface area contributed by atoms with Gasteiger partial charge in [0.05, 0.1) is 5.56 Å². The molecule has 2 rings (SSSR count). The van der Waals surface area contributed by atoms with E-state index in [1.165, 1.54) is 18.9 Å². The van der Waals surface area contributed by atoms with E-state index in [-0.39, 0.29) is 11.5 Å². The fourth-order valence-electron chi connectivity index (χ4n) is 2.97. The zero-order chi connectivity index (χ0) is 15.4. The number of hydrogen-bond acceptors (Lipinski definition) is 2. The van der Waals surface area contributed by atoms with Crippen molar-refractivity contribution in [2.75, 3.05) is 19.6 Å². The number of likely N-dealkylation sites (tertiary alicyclic amines) is 1. The van der Waals surface area contributed by atoms with E-state index in [9.17, 15) is 9.18 Å². The molecule has 4 heteroatoms. The van der Waals surface area contributed by atoms with Crippen molar-refractivity contribution in [2.24, 2.45) is 5.92 Å². The molecule has 1 aliphatic heterocycles. The molecule has 3 nitrogen and oxygen atoms in total. The molecule has 1 unspecified atom stereocenters. The van der Waals surface area contributed by atoms with Crippen LogP contribution in [0, 0.1) is 18.7 Å². The summed E-state index contributed by atoms with van der Waals surface area (Å²) < 4.78 is 14.0. The highest BCUT2D eigenvalue weighted by Gasteiger charge is 2.25. The van der Waals surface area contributed by atoms with Crippen molar-refractivity contribution in [3.8, 4) is 0 Å². The van der Waals surface area contributed by atoms with Crippen molar-refractivity contribution in [2.45, 2.75) is 39.7 Å². The Bertz CT molecular complexity index is 496. The van der Waals surface area contributed by atoms with Gasteiger partial charge in [-0.1, -0.05) is 26.0 Å². The van der Waals surface area contributed by atoms with Crippen LogP contribution in [0.2, 0.25) is 0 Å². The Balaban J connectivity index is 2.00. The molecule has 1 heterocycles. The van der Waals surface area contributed by atoms with Crippen LogP contribution in [0.1, 0.15) is 42.6 Å². The maximum Gasteiger partial charge on any atom is 0.254 e. The Morgan fingerprint density at radius 2 is 2.00 bits per heavy atom. The maximum absolute atomic E-state index is 14.0. The average Bonchev–Trinajstić information content (AvgIpc) is 2.95. The lowest BCUT2D eigenvalue weighted by atomic mass is 10.0. The van der Waals surface area contributed by atoms with Crippen LogP contribution in [0.25, 0.3) is 0 Å². The minimum atomic E-state index is -0.419. The Labute approximate surface area is 126 Å². The van der Waals surface area contributed by atoms with Gasteiger partial charge in [0.15, 0.2) is 0 Å². The minimum absolute atomic E-state index is 0.138. The SMILES string of the molecule is Cc1cccc(C(=O)NCC(C(C)C)N2CCCC2)c1F. The lowest BCUT2D eigenvalue weighted by molar-refractivity contribution is 0.0923. The summed E-state index contributed by atoms with van der Waals surface area (Å²) in [7, 11) is 0. The third-order valence-corrected chi connectivity index (χ3v) is 4.29. The number of rotatable bonds is 5. The van der Waals surface area contributed by atoms with Gasteiger partial charge in [0.2, 0.25) is 0 Å². The number of nitrogens with zero attached hydrogens (tertiary/aromatic N) is 1. The van der Waals surface area contributed by atoms with Crippen molar-refractivity contribution in [1.82, 2.24) is 10.2 Å². The number of amides is 1. The molecule has 1 fully saturated rings. The normalized spacial score (nSPS) is 17.2. The van der Waals surface area contributed by atoms with Crippen molar-refractivity contribution >= 4 is 5.91 Å². The monoisotopic (exact) mass is 292 g/mol. The van der Waals surface area contributed by atoms with Gasteiger partial charge < -0.3 is 5.32 Å². The summed E-state index contributed by atoms with van der Waals surface area (Å²) in [5, 5.41) is 2.90. The molecule has 1 amide bonds. The van der Waals surface area contributed by atoms with E-state index in [2.05, 4.69) is 24.1 Å². The number of nitrogens with one attached hydrogen (secondary N) is 1. The third kappa shape index (κ3) is 3.82. The fourth-order valence-corrected chi connectivity index (χ4v) is 2.97. The van der Waals surface area contributed by atoms with Gasteiger partial charge in [-0.05, 0) is 50.4 Å². The minimum Gasteiger partial charge on any atom is -0.350 e. The van der Waals surface area contributed by atoms with Gasteiger partial charge in [-0.2, -0.15) is 0 Å². The van der Waals surface area contributed by atoms with Gasteiger partial charge in [-0.3, -0.25) is 9.69 Å². The van der Waals surface area contributed by atoms with Crippen LogP contribution in [0.15, 0.2) is 18.2 Å². The lowest BCUT2D eigenvalue weighted by Crippen LogP contribution is -2.45. The molecule has 1 atom stereocenters. The summed E-state index contributed by atoms with van der Waals surface area (Å²) in [6, 6.07) is 5.25. The van der Waals surface area contributed by atoms with E-state index in [1.54, 1.807) is 19.1 Å². The molecule has 0 aromatic heterocycles. The Kier molecular flexibility index (Phi) is 5.34. The Morgan fingerprint density at radius 1 is 1.33 bits per heavy atom. The molecule has 1 aromatic carbocycles. The molecule has 116 valence electrons. The van der Waals surface area contributed by atoms with E-state index < -0.39 is 5.82 Å². The first-order valence-corrected chi connectivity index (χ1v) is 7.78. The molecule has 1 saturated heterocycles. The second-order valence-electron chi connectivity index (χ2n) is 6.20. The first-order valence-electron chi connectivity index (χ1n) is 7.78. The molecular formula is C17H25FN2O. The number of benzene rings is 1. The molecular weight excluding hydrogens is 267 g/mol. The predicted octanol–water partition coefficient (Wildman–Crippen LogP) is 2.98. The molecule has 0 bridgehead atoms. The van der Waals surface area contributed by atoms with E-state index in [4.69, 9.17) is 0 Å². The van der Waals surface area contributed by atoms with Crippen LogP contribution in [0.3, 0.4) is 0 Å². The molecule has 21 heavy (non-hydrogen) atoms. The second-order valence-corrected chi connectivity index (χ2v) is 6.20. The van der Waals surface area contributed by atoms with Crippen LogP contribution in [-0.4, -0.2) is 36.5 Å². The van der Waals surface area contributed by atoms with Gasteiger partial charge in [-0.25, -0.2) is 4.39 Å². The zero-order valence-electron chi connectivity index (χ0n) is 13.2. The molecule has 1 aromatic rings. The maximum atomic E-state index is 14.0. The van der Waals surface area contributed by atoms with E-state index in [1.807, 2.05) is 0 Å². The van der Waals surface area contributed by atoms with Gasteiger partial charge >= 0.3 is 0 Å². The zero-order valence-corrected chi connectivity index (χ0v) is 13.2.